The van der Waals surface area contributed by atoms with E-state index in [0.29, 0.717) is 16.9 Å². The fourth-order valence-electron chi connectivity index (χ4n) is 1.77. The summed E-state index contributed by atoms with van der Waals surface area (Å²) in [5.41, 5.74) is 1.35. The molecule has 0 amide bonds. The molecule has 5 heteroatoms. The normalized spacial score (nSPS) is 12.2. The lowest BCUT2D eigenvalue weighted by Crippen LogP contribution is -2.01. The Morgan fingerprint density at radius 3 is 2.70 bits per heavy atom. The Balaban J connectivity index is 2.17. The fraction of sp³-hybridized carbons (Fsp3) is 0.200. The summed E-state index contributed by atoms with van der Waals surface area (Å²) in [7, 11) is 0. The zero-order valence-corrected chi connectivity index (χ0v) is 13.1. The van der Waals surface area contributed by atoms with Crippen LogP contribution in [-0.2, 0) is 6.61 Å². The molecule has 20 heavy (non-hydrogen) atoms. The SMILES string of the molecule is CC(O)c1ccc(Br)cc1OCc1ccc(Cl)c(F)c1. The average molecular weight is 360 g/mol. The lowest BCUT2D eigenvalue weighted by molar-refractivity contribution is 0.190. The summed E-state index contributed by atoms with van der Waals surface area (Å²) in [6.45, 7) is 1.86. The maximum Gasteiger partial charge on any atom is 0.142 e. The highest BCUT2D eigenvalue weighted by atomic mass is 79.9. The van der Waals surface area contributed by atoms with Crippen LogP contribution in [0.5, 0.6) is 5.75 Å². The van der Waals surface area contributed by atoms with Gasteiger partial charge in [0.05, 0.1) is 11.1 Å². The molecule has 0 radical (unpaired) electrons. The van der Waals surface area contributed by atoms with Gasteiger partial charge in [0, 0.05) is 10.0 Å². The van der Waals surface area contributed by atoms with Crippen LogP contribution in [0.2, 0.25) is 5.02 Å². The molecule has 0 aliphatic carbocycles. The monoisotopic (exact) mass is 358 g/mol. The highest BCUT2D eigenvalue weighted by Gasteiger charge is 2.10. The van der Waals surface area contributed by atoms with Gasteiger partial charge in [-0.05, 0) is 36.8 Å². The molecule has 0 saturated heterocycles. The third-order valence-electron chi connectivity index (χ3n) is 2.80. The van der Waals surface area contributed by atoms with Gasteiger partial charge in [-0.3, -0.25) is 0 Å². The van der Waals surface area contributed by atoms with E-state index in [4.69, 9.17) is 16.3 Å². The lowest BCUT2D eigenvalue weighted by Gasteiger charge is -2.14. The molecule has 1 unspecified atom stereocenters. The van der Waals surface area contributed by atoms with Crippen LogP contribution < -0.4 is 4.74 Å². The number of hydrogen-bond acceptors (Lipinski definition) is 2. The first-order chi connectivity index (χ1) is 9.47. The molecule has 2 nitrogen and oxygen atoms in total. The van der Waals surface area contributed by atoms with Gasteiger partial charge in [0.25, 0.3) is 0 Å². The van der Waals surface area contributed by atoms with Gasteiger partial charge in [0.2, 0.25) is 0 Å². The van der Waals surface area contributed by atoms with Crippen LogP contribution in [-0.4, -0.2) is 5.11 Å². The second-order valence-corrected chi connectivity index (χ2v) is 5.72. The lowest BCUT2D eigenvalue weighted by atomic mass is 10.1. The summed E-state index contributed by atoms with van der Waals surface area (Å²) in [5.74, 6) is 0.0856. The maximum atomic E-state index is 13.3. The first kappa shape index (κ1) is 15.3. The largest absolute Gasteiger partial charge is 0.488 e. The molecule has 1 atom stereocenters. The van der Waals surface area contributed by atoms with Crippen molar-refractivity contribution in [3.05, 3.63) is 62.8 Å². The van der Waals surface area contributed by atoms with E-state index in [1.165, 1.54) is 12.1 Å². The van der Waals surface area contributed by atoms with Crippen molar-refractivity contribution in [2.24, 2.45) is 0 Å². The van der Waals surface area contributed by atoms with Crippen LogP contribution in [0, 0.1) is 5.82 Å². The van der Waals surface area contributed by atoms with Gasteiger partial charge in [-0.15, -0.1) is 0 Å². The van der Waals surface area contributed by atoms with Gasteiger partial charge in [0.15, 0.2) is 0 Å². The zero-order chi connectivity index (χ0) is 14.7. The Morgan fingerprint density at radius 2 is 2.05 bits per heavy atom. The molecule has 1 N–H and O–H groups in total. The van der Waals surface area contributed by atoms with E-state index < -0.39 is 11.9 Å². The van der Waals surface area contributed by atoms with Gasteiger partial charge in [0.1, 0.15) is 18.2 Å². The van der Waals surface area contributed by atoms with Gasteiger partial charge < -0.3 is 9.84 Å². The molecule has 2 aromatic rings. The van der Waals surface area contributed by atoms with Crippen LogP contribution in [0.4, 0.5) is 4.39 Å². The van der Waals surface area contributed by atoms with Crippen LogP contribution in [0.1, 0.15) is 24.2 Å². The summed E-state index contributed by atoms with van der Waals surface area (Å²) in [6, 6.07) is 9.91. The predicted molar refractivity (Wildman–Crippen MR) is 80.5 cm³/mol. The summed E-state index contributed by atoms with van der Waals surface area (Å²) < 4.78 is 19.8. The number of halogens is 3. The van der Waals surface area contributed by atoms with E-state index in [0.717, 1.165) is 4.47 Å². The van der Waals surface area contributed by atoms with Crippen LogP contribution >= 0.6 is 27.5 Å². The molecular formula is C15H13BrClFO2. The quantitative estimate of drug-likeness (QED) is 0.843. The highest BCUT2D eigenvalue weighted by Crippen LogP contribution is 2.29. The Hall–Kier alpha value is -1.10. The van der Waals surface area contributed by atoms with Gasteiger partial charge in [-0.25, -0.2) is 4.39 Å². The minimum absolute atomic E-state index is 0.0841. The molecule has 0 aliphatic heterocycles. The molecule has 106 valence electrons. The smallest absolute Gasteiger partial charge is 0.142 e. The summed E-state index contributed by atoms with van der Waals surface area (Å²) in [4.78, 5) is 0. The fourth-order valence-corrected chi connectivity index (χ4v) is 2.23. The first-order valence-corrected chi connectivity index (χ1v) is 7.18. The van der Waals surface area contributed by atoms with Crippen molar-refractivity contribution in [1.82, 2.24) is 0 Å². The van der Waals surface area contributed by atoms with E-state index in [-0.39, 0.29) is 11.6 Å². The predicted octanol–water partition coefficient (Wildman–Crippen LogP) is 4.87. The summed E-state index contributed by atoms with van der Waals surface area (Å²) >= 11 is 8.98. The topological polar surface area (TPSA) is 29.5 Å². The van der Waals surface area contributed by atoms with Crippen molar-refractivity contribution in [2.75, 3.05) is 0 Å². The van der Waals surface area contributed by atoms with E-state index >= 15 is 0 Å². The van der Waals surface area contributed by atoms with Crippen LogP contribution in [0.25, 0.3) is 0 Å². The molecule has 2 rings (SSSR count). The molecule has 0 bridgehead atoms. The Labute approximate surface area is 130 Å². The molecule has 0 aliphatic rings. The average Bonchev–Trinajstić information content (AvgIpc) is 2.40. The van der Waals surface area contributed by atoms with Crippen LogP contribution in [0.3, 0.4) is 0 Å². The van der Waals surface area contributed by atoms with Crippen molar-refractivity contribution >= 4 is 27.5 Å². The van der Waals surface area contributed by atoms with Crippen molar-refractivity contribution in [2.45, 2.75) is 19.6 Å². The Kier molecular flexibility index (Phi) is 5.02. The number of hydrogen-bond donors (Lipinski definition) is 1. The minimum Gasteiger partial charge on any atom is -0.488 e. The molecule has 0 saturated carbocycles. The molecular weight excluding hydrogens is 347 g/mol. The third kappa shape index (κ3) is 3.72. The maximum absolute atomic E-state index is 13.3. The number of aliphatic hydroxyl groups excluding tert-OH is 1. The van der Waals surface area contributed by atoms with E-state index in [1.807, 2.05) is 6.07 Å². The zero-order valence-electron chi connectivity index (χ0n) is 10.7. The second kappa shape index (κ2) is 6.57. The van der Waals surface area contributed by atoms with Crippen molar-refractivity contribution in [1.29, 1.82) is 0 Å². The molecule has 0 aromatic heterocycles. The number of benzene rings is 2. The Bertz CT molecular complexity index is 617. The number of aliphatic hydroxyl groups is 1. The highest BCUT2D eigenvalue weighted by molar-refractivity contribution is 9.10. The molecule has 2 aromatic carbocycles. The van der Waals surface area contributed by atoms with Crippen LogP contribution in [0.15, 0.2) is 40.9 Å². The van der Waals surface area contributed by atoms with Crippen molar-refractivity contribution < 1.29 is 14.2 Å². The van der Waals surface area contributed by atoms with E-state index in [1.54, 1.807) is 25.1 Å². The second-order valence-electron chi connectivity index (χ2n) is 4.40. The van der Waals surface area contributed by atoms with Crippen molar-refractivity contribution in [3.8, 4) is 5.75 Å². The van der Waals surface area contributed by atoms with Gasteiger partial charge in [-0.2, -0.15) is 0 Å². The Morgan fingerprint density at radius 1 is 1.30 bits per heavy atom. The summed E-state index contributed by atoms with van der Waals surface area (Å²) in [6.07, 6.45) is -0.639. The number of rotatable bonds is 4. The third-order valence-corrected chi connectivity index (χ3v) is 3.60. The molecule has 0 fully saturated rings. The van der Waals surface area contributed by atoms with Gasteiger partial charge >= 0.3 is 0 Å². The number of ether oxygens (including phenoxy) is 1. The van der Waals surface area contributed by atoms with Gasteiger partial charge in [-0.1, -0.05) is 39.7 Å². The van der Waals surface area contributed by atoms with E-state index in [2.05, 4.69) is 15.9 Å². The van der Waals surface area contributed by atoms with Crippen molar-refractivity contribution in [3.63, 3.8) is 0 Å². The molecule has 0 heterocycles. The first-order valence-electron chi connectivity index (χ1n) is 6.01. The standard InChI is InChI=1S/C15H13BrClFO2/c1-9(19)12-4-3-11(16)7-15(12)20-8-10-2-5-13(17)14(18)6-10/h2-7,9,19H,8H2,1H3. The summed E-state index contributed by atoms with van der Waals surface area (Å²) in [5, 5.41) is 9.78. The molecule has 0 spiro atoms. The van der Waals surface area contributed by atoms with E-state index in [9.17, 15) is 9.50 Å². The minimum atomic E-state index is -0.639.